The third kappa shape index (κ3) is 3.28. The number of nitrogens with zero attached hydrogens (tertiary/aromatic N) is 5. The van der Waals surface area contributed by atoms with Gasteiger partial charge in [0, 0.05) is 37.5 Å². The summed E-state index contributed by atoms with van der Waals surface area (Å²) in [5.41, 5.74) is 3.16. The van der Waals surface area contributed by atoms with Crippen molar-refractivity contribution < 1.29 is 24.1 Å². The summed E-state index contributed by atoms with van der Waals surface area (Å²) in [6, 6.07) is 5.96. The maximum Gasteiger partial charge on any atom is 0.254 e. The van der Waals surface area contributed by atoms with Crippen molar-refractivity contribution in [3.8, 4) is 5.75 Å². The van der Waals surface area contributed by atoms with Gasteiger partial charge >= 0.3 is 0 Å². The van der Waals surface area contributed by atoms with Gasteiger partial charge in [-0.15, -0.1) is 5.10 Å². The van der Waals surface area contributed by atoms with Gasteiger partial charge in [-0.1, -0.05) is 5.21 Å². The first-order valence-corrected chi connectivity index (χ1v) is 12.6. The SMILES string of the molecule is C[C@@H](Oc1ccc2ncc3c(c2c1)CCOC3)c1cn(C23CC(C)(C2)OC3C(=O)N2CC(O)C2)nn1. The van der Waals surface area contributed by atoms with Crippen LogP contribution in [0.5, 0.6) is 5.75 Å². The molecule has 0 radical (unpaired) electrons. The number of aliphatic hydroxyl groups excluding tert-OH is 1. The molecule has 6 heterocycles. The van der Waals surface area contributed by atoms with E-state index in [1.54, 1.807) is 9.58 Å². The number of ether oxygens (including phenoxy) is 3. The first-order chi connectivity index (χ1) is 17.3. The molecule has 1 unspecified atom stereocenters. The number of amides is 1. The summed E-state index contributed by atoms with van der Waals surface area (Å²) in [7, 11) is 0. The van der Waals surface area contributed by atoms with Crippen LogP contribution in [0.1, 0.15) is 49.6 Å². The van der Waals surface area contributed by atoms with Crippen LogP contribution in [-0.2, 0) is 32.8 Å². The molecule has 2 aromatic heterocycles. The minimum atomic E-state index is -0.621. The molecule has 3 saturated heterocycles. The molecular formula is C26H29N5O5. The topological polar surface area (TPSA) is 112 Å². The van der Waals surface area contributed by atoms with E-state index < -0.39 is 17.7 Å². The van der Waals surface area contributed by atoms with E-state index in [1.165, 1.54) is 5.56 Å². The number of rotatable bonds is 5. The zero-order chi connectivity index (χ0) is 24.7. The van der Waals surface area contributed by atoms with Gasteiger partial charge in [0.2, 0.25) is 0 Å². The molecule has 10 heteroatoms. The molecule has 4 aliphatic heterocycles. The van der Waals surface area contributed by atoms with E-state index >= 15 is 0 Å². The molecule has 2 bridgehead atoms. The van der Waals surface area contributed by atoms with Crippen molar-refractivity contribution in [1.29, 1.82) is 0 Å². The Balaban J connectivity index is 1.12. The second-order valence-electron chi connectivity index (χ2n) is 10.9. The van der Waals surface area contributed by atoms with Crippen molar-refractivity contribution in [2.75, 3.05) is 19.7 Å². The van der Waals surface area contributed by atoms with Crippen molar-refractivity contribution in [3.63, 3.8) is 0 Å². The van der Waals surface area contributed by atoms with E-state index in [2.05, 4.69) is 15.3 Å². The lowest BCUT2D eigenvalue weighted by atomic mass is 9.66. The second kappa shape index (κ2) is 7.71. The molecule has 1 aromatic carbocycles. The first kappa shape index (κ1) is 22.1. The fourth-order valence-corrected chi connectivity index (χ4v) is 6.33. The van der Waals surface area contributed by atoms with Crippen LogP contribution in [0.4, 0.5) is 0 Å². The average molecular weight is 492 g/mol. The van der Waals surface area contributed by atoms with E-state index in [9.17, 15) is 9.90 Å². The molecule has 2 atom stereocenters. The Kier molecular flexibility index (Phi) is 4.74. The predicted octanol–water partition coefficient (Wildman–Crippen LogP) is 1.89. The Morgan fingerprint density at radius 1 is 1.31 bits per heavy atom. The zero-order valence-electron chi connectivity index (χ0n) is 20.4. The van der Waals surface area contributed by atoms with Gasteiger partial charge in [-0.05, 0) is 49.6 Å². The van der Waals surface area contributed by atoms with Gasteiger partial charge in [0.15, 0.2) is 6.10 Å². The molecule has 36 heavy (non-hydrogen) atoms. The highest BCUT2D eigenvalue weighted by molar-refractivity contribution is 5.85. The van der Waals surface area contributed by atoms with Crippen LogP contribution in [0.3, 0.4) is 0 Å². The Morgan fingerprint density at radius 3 is 2.94 bits per heavy atom. The van der Waals surface area contributed by atoms with Gasteiger partial charge in [0.05, 0.1) is 36.6 Å². The van der Waals surface area contributed by atoms with Crippen molar-refractivity contribution in [1.82, 2.24) is 24.9 Å². The van der Waals surface area contributed by atoms with Gasteiger partial charge in [-0.25, -0.2) is 4.68 Å². The minimum absolute atomic E-state index is 0.0821. The van der Waals surface area contributed by atoms with Crippen molar-refractivity contribution in [2.24, 2.45) is 0 Å². The number of pyridine rings is 1. The lowest BCUT2D eigenvalue weighted by Crippen LogP contribution is -2.60. The van der Waals surface area contributed by atoms with Crippen LogP contribution in [0.2, 0.25) is 0 Å². The summed E-state index contributed by atoms with van der Waals surface area (Å²) in [4.78, 5) is 19.3. The Labute approximate surface area is 208 Å². The smallest absolute Gasteiger partial charge is 0.254 e. The average Bonchev–Trinajstić information content (AvgIpc) is 3.52. The fourth-order valence-electron chi connectivity index (χ4n) is 6.33. The number of fused-ring (bicyclic) bond motifs is 4. The third-order valence-electron chi connectivity index (χ3n) is 8.14. The van der Waals surface area contributed by atoms with E-state index in [-0.39, 0.29) is 17.6 Å². The van der Waals surface area contributed by atoms with Gasteiger partial charge in [0.1, 0.15) is 23.1 Å². The maximum atomic E-state index is 13.1. The Hall–Kier alpha value is -3.08. The molecule has 1 N–H and O–H groups in total. The van der Waals surface area contributed by atoms with Gasteiger partial charge in [-0.2, -0.15) is 0 Å². The largest absolute Gasteiger partial charge is 0.484 e. The van der Waals surface area contributed by atoms with Crippen LogP contribution < -0.4 is 4.74 Å². The fraction of sp³-hybridized carbons (Fsp3) is 0.538. The number of carbonyl (C=O) groups excluding carboxylic acids is 1. The predicted molar refractivity (Wildman–Crippen MR) is 127 cm³/mol. The number of hydrogen-bond acceptors (Lipinski definition) is 8. The van der Waals surface area contributed by atoms with E-state index in [1.807, 2.05) is 44.4 Å². The summed E-state index contributed by atoms with van der Waals surface area (Å²) in [5, 5.41) is 19.6. The van der Waals surface area contributed by atoms with Crippen LogP contribution in [0.25, 0.3) is 10.9 Å². The highest BCUT2D eigenvalue weighted by Gasteiger charge is 2.70. The molecule has 3 aromatic rings. The van der Waals surface area contributed by atoms with Crippen molar-refractivity contribution in [2.45, 2.75) is 69.2 Å². The summed E-state index contributed by atoms with van der Waals surface area (Å²) in [6.07, 6.45) is 4.65. The maximum absolute atomic E-state index is 13.1. The number of aromatic nitrogens is 4. The number of aliphatic hydroxyl groups is 1. The molecular weight excluding hydrogens is 462 g/mol. The van der Waals surface area contributed by atoms with Crippen LogP contribution in [-0.4, -0.2) is 73.4 Å². The lowest BCUT2D eigenvalue weighted by Gasteiger charge is -2.44. The number of hydrogen-bond donors (Lipinski definition) is 1. The minimum Gasteiger partial charge on any atom is -0.484 e. The number of likely N-dealkylation sites (tertiary alicyclic amines) is 1. The number of β-amino-alcohol motifs (C(OH)–C–C–N with tert-alkyl or cyclic N) is 1. The van der Waals surface area contributed by atoms with Crippen LogP contribution >= 0.6 is 0 Å². The number of benzene rings is 1. The quantitative estimate of drug-likeness (QED) is 0.576. The molecule has 1 saturated carbocycles. The molecule has 4 fully saturated rings. The normalized spacial score (nSPS) is 30.0. The molecule has 5 aliphatic rings. The van der Waals surface area contributed by atoms with Gasteiger partial charge in [0.25, 0.3) is 5.91 Å². The highest BCUT2D eigenvalue weighted by Crippen LogP contribution is 2.60. The van der Waals surface area contributed by atoms with Gasteiger partial charge in [-0.3, -0.25) is 9.78 Å². The van der Waals surface area contributed by atoms with Crippen molar-refractivity contribution in [3.05, 3.63) is 47.4 Å². The molecule has 188 valence electrons. The monoisotopic (exact) mass is 491 g/mol. The van der Waals surface area contributed by atoms with Gasteiger partial charge < -0.3 is 24.2 Å². The van der Waals surface area contributed by atoms with E-state index in [0.717, 1.165) is 28.6 Å². The summed E-state index contributed by atoms with van der Waals surface area (Å²) in [5.74, 6) is 0.663. The Morgan fingerprint density at radius 2 is 2.14 bits per heavy atom. The third-order valence-corrected chi connectivity index (χ3v) is 8.14. The molecule has 1 amide bonds. The van der Waals surface area contributed by atoms with E-state index in [0.29, 0.717) is 44.8 Å². The molecule has 1 aliphatic carbocycles. The summed E-state index contributed by atoms with van der Waals surface area (Å²) >= 11 is 0. The first-order valence-electron chi connectivity index (χ1n) is 12.6. The molecule has 8 rings (SSSR count). The highest BCUT2D eigenvalue weighted by atomic mass is 16.5. The standard InChI is InChI=1S/C26H29N5O5/c1-15(35-18-3-4-21-20(7-18)19-5-6-34-12-16(19)8-27-21)22-11-31(29-28-22)26-13-25(2,14-26)36-23(26)24(33)30-9-17(32)10-30/h3-4,7-8,11,15,17,23,32H,5-6,9-10,12-14H2,1-2H3/t15-,23?,25?,26?/m1/s1. The molecule has 0 spiro atoms. The molecule has 10 nitrogen and oxygen atoms in total. The summed E-state index contributed by atoms with van der Waals surface area (Å²) < 4.78 is 19.8. The van der Waals surface area contributed by atoms with Crippen LogP contribution in [0, 0.1) is 0 Å². The number of carbonyl (C=O) groups is 1. The van der Waals surface area contributed by atoms with Crippen molar-refractivity contribution >= 4 is 16.8 Å². The summed E-state index contributed by atoms with van der Waals surface area (Å²) in [6.45, 7) is 6.00. The second-order valence-corrected chi connectivity index (χ2v) is 10.9. The van der Waals surface area contributed by atoms with E-state index in [4.69, 9.17) is 14.2 Å². The lowest BCUT2D eigenvalue weighted by molar-refractivity contribution is -0.154. The Bertz CT molecular complexity index is 1360. The van der Waals surface area contributed by atoms with Crippen LogP contribution in [0.15, 0.2) is 30.6 Å². The zero-order valence-corrected chi connectivity index (χ0v) is 20.4.